The van der Waals surface area contributed by atoms with Crippen LogP contribution in [-0.2, 0) is 9.53 Å². The molecule has 4 aliphatic rings. The first-order valence-corrected chi connectivity index (χ1v) is 14.5. The Balaban J connectivity index is 1.61. The smallest absolute Gasteiger partial charge is 0.302 e. The minimum absolute atomic E-state index is 0.0619. The van der Waals surface area contributed by atoms with E-state index in [1.54, 1.807) is 12.5 Å². The van der Waals surface area contributed by atoms with E-state index in [2.05, 4.69) is 47.6 Å². The Kier molecular flexibility index (Phi) is 7.38. The van der Waals surface area contributed by atoms with Gasteiger partial charge in [-0.3, -0.25) is 4.79 Å². The molecule has 1 N–H and O–H groups in total. The Morgan fingerprint density at radius 1 is 1.15 bits per heavy atom. The van der Waals surface area contributed by atoms with Crippen molar-refractivity contribution in [2.24, 2.45) is 45.8 Å². The van der Waals surface area contributed by atoms with E-state index in [4.69, 9.17) is 4.74 Å². The summed E-state index contributed by atoms with van der Waals surface area (Å²) in [6.07, 6.45) is 15.1. The Bertz CT molecular complexity index is 786. The van der Waals surface area contributed by atoms with Crippen LogP contribution in [0.1, 0.15) is 119 Å². The normalized spacial score (nSPS) is 44.6. The van der Waals surface area contributed by atoms with E-state index in [0.29, 0.717) is 23.7 Å². The number of hydrogen-bond acceptors (Lipinski definition) is 3. The van der Waals surface area contributed by atoms with E-state index in [9.17, 15) is 9.90 Å². The van der Waals surface area contributed by atoms with Crippen LogP contribution in [-0.4, -0.2) is 23.3 Å². The summed E-state index contributed by atoms with van der Waals surface area (Å²) >= 11 is 0. The average Bonchev–Trinajstić information content (AvgIpc) is 3.00. The van der Waals surface area contributed by atoms with Crippen molar-refractivity contribution < 1.29 is 14.6 Å². The lowest BCUT2D eigenvalue weighted by atomic mass is 9.42. The van der Waals surface area contributed by atoms with E-state index >= 15 is 0 Å². The van der Waals surface area contributed by atoms with Crippen molar-refractivity contribution in [1.82, 2.24) is 0 Å². The zero-order valence-corrected chi connectivity index (χ0v) is 23.2. The number of allylic oxidation sites excluding steroid dienone is 1. The molecule has 3 heteroatoms. The van der Waals surface area contributed by atoms with Gasteiger partial charge >= 0.3 is 5.97 Å². The third-order valence-corrected chi connectivity index (χ3v) is 11.6. The number of aliphatic hydroxyl groups is 1. The third kappa shape index (κ3) is 4.00. The van der Waals surface area contributed by atoms with Crippen LogP contribution in [0.4, 0.5) is 0 Å². The lowest BCUT2D eigenvalue weighted by molar-refractivity contribution is -0.153. The molecule has 4 aliphatic carbocycles. The maximum absolute atomic E-state index is 11.8. The zero-order valence-electron chi connectivity index (χ0n) is 23.2. The molecule has 0 aromatic heterocycles. The van der Waals surface area contributed by atoms with Crippen LogP contribution in [0, 0.1) is 45.8 Å². The van der Waals surface area contributed by atoms with Gasteiger partial charge in [-0.25, -0.2) is 0 Å². The number of carbonyl (C=O) groups is 1. The summed E-state index contributed by atoms with van der Waals surface area (Å²) in [5.41, 5.74) is 2.02. The zero-order chi connectivity index (χ0) is 24.9. The van der Waals surface area contributed by atoms with Gasteiger partial charge in [-0.1, -0.05) is 72.5 Å². The van der Waals surface area contributed by atoms with Gasteiger partial charge in [-0.05, 0) is 91.8 Å². The number of carbonyl (C=O) groups excluding carboxylic acids is 1. The van der Waals surface area contributed by atoms with Crippen LogP contribution >= 0.6 is 0 Å². The molecule has 0 aromatic carbocycles. The number of ether oxygens (including phenoxy) is 1. The molecular weight excluding hydrogens is 420 g/mol. The van der Waals surface area contributed by atoms with Crippen LogP contribution in [0.5, 0.6) is 0 Å². The summed E-state index contributed by atoms with van der Waals surface area (Å²) in [7, 11) is 0. The van der Waals surface area contributed by atoms with E-state index in [1.807, 2.05) is 0 Å². The molecule has 3 fully saturated rings. The summed E-state index contributed by atoms with van der Waals surface area (Å²) in [6, 6.07) is 0. The number of esters is 1. The van der Waals surface area contributed by atoms with Crippen molar-refractivity contribution in [1.29, 1.82) is 0 Å². The van der Waals surface area contributed by atoms with Gasteiger partial charge in [0.1, 0.15) is 6.10 Å². The predicted molar refractivity (Wildman–Crippen MR) is 139 cm³/mol. The lowest BCUT2D eigenvalue weighted by Crippen LogP contribution is -2.56. The van der Waals surface area contributed by atoms with Crippen molar-refractivity contribution >= 4 is 5.97 Å². The maximum atomic E-state index is 11.8. The first kappa shape index (κ1) is 26.2. The topological polar surface area (TPSA) is 46.5 Å². The van der Waals surface area contributed by atoms with Crippen LogP contribution in [0.2, 0.25) is 0 Å². The van der Waals surface area contributed by atoms with Gasteiger partial charge < -0.3 is 9.84 Å². The number of aliphatic hydroxyl groups excluding tert-OH is 1. The Labute approximate surface area is 209 Å². The van der Waals surface area contributed by atoms with Crippen molar-refractivity contribution in [3.8, 4) is 0 Å². The lowest BCUT2D eigenvalue weighted by Gasteiger charge is -2.62. The molecule has 0 saturated heterocycles. The van der Waals surface area contributed by atoms with E-state index in [-0.39, 0.29) is 34.4 Å². The second-order valence-corrected chi connectivity index (χ2v) is 13.6. The molecule has 0 heterocycles. The van der Waals surface area contributed by atoms with Crippen LogP contribution < -0.4 is 0 Å². The summed E-state index contributed by atoms with van der Waals surface area (Å²) in [5, 5.41) is 11.8. The standard InChI is InChI=1S/C31H52O3/c1-8-31-26-13-12-23-18-24(34-22(5)32)14-16-29(23,6)25(26)15-17-30(31,7)27(19-28(31)33)21(4)11-9-10-20(2)3/h13,20-21,23-25,27-28,33H,8-12,14-19H2,1-7H3/t21-,23+,24+,25+,27-,28-,29+,30-,31-/m1/s1. The molecule has 194 valence electrons. The molecule has 0 spiro atoms. The highest BCUT2D eigenvalue weighted by atomic mass is 16.5. The molecule has 34 heavy (non-hydrogen) atoms. The van der Waals surface area contributed by atoms with Gasteiger partial charge in [0, 0.05) is 12.3 Å². The van der Waals surface area contributed by atoms with Gasteiger partial charge in [0.15, 0.2) is 0 Å². The second-order valence-electron chi connectivity index (χ2n) is 13.6. The number of fused-ring (bicyclic) bond motifs is 5. The van der Waals surface area contributed by atoms with E-state index in [1.165, 1.54) is 32.1 Å². The monoisotopic (exact) mass is 472 g/mol. The molecular formula is C31H52O3. The summed E-state index contributed by atoms with van der Waals surface area (Å²) < 4.78 is 5.65. The first-order valence-electron chi connectivity index (χ1n) is 14.5. The van der Waals surface area contributed by atoms with Crippen LogP contribution in [0.15, 0.2) is 11.6 Å². The highest BCUT2D eigenvalue weighted by molar-refractivity contribution is 5.66. The SMILES string of the molecule is CC[C@]12C3=CC[C@H]4C[C@@H](OC(C)=O)CC[C@]4(C)[C@H]3CC[C@]1(C)[C@@H]([C@H](C)CCCC(C)C)C[C@H]2O. The highest BCUT2D eigenvalue weighted by Crippen LogP contribution is 2.73. The summed E-state index contributed by atoms with van der Waals surface area (Å²) in [5.74, 6) is 3.08. The van der Waals surface area contributed by atoms with E-state index < -0.39 is 0 Å². The third-order valence-electron chi connectivity index (χ3n) is 11.6. The molecule has 4 rings (SSSR count). The quantitative estimate of drug-likeness (QED) is 0.305. The Morgan fingerprint density at radius 2 is 1.88 bits per heavy atom. The van der Waals surface area contributed by atoms with Gasteiger partial charge in [-0.2, -0.15) is 0 Å². The van der Waals surface area contributed by atoms with Crippen LogP contribution in [0.25, 0.3) is 0 Å². The van der Waals surface area contributed by atoms with Gasteiger partial charge in [0.2, 0.25) is 0 Å². The fraction of sp³-hybridized carbons (Fsp3) is 0.903. The summed E-state index contributed by atoms with van der Waals surface area (Å²) in [4.78, 5) is 11.6. The molecule has 0 unspecified atom stereocenters. The molecule has 3 saturated carbocycles. The molecule has 9 atom stereocenters. The number of hydrogen-bond donors (Lipinski definition) is 1. The summed E-state index contributed by atoms with van der Waals surface area (Å²) in [6.45, 7) is 16.1. The second kappa shape index (κ2) is 9.56. The van der Waals surface area contributed by atoms with Crippen molar-refractivity contribution in [2.45, 2.75) is 131 Å². The fourth-order valence-electron chi connectivity index (χ4n) is 9.83. The minimum atomic E-state index is -0.216. The Morgan fingerprint density at radius 3 is 2.53 bits per heavy atom. The van der Waals surface area contributed by atoms with Gasteiger partial charge in [0.25, 0.3) is 0 Å². The largest absolute Gasteiger partial charge is 0.463 e. The first-order chi connectivity index (χ1) is 16.0. The van der Waals surface area contributed by atoms with Gasteiger partial charge in [0.05, 0.1) is 6.10 Å². The molecule has 0 bridgehead atoms. The maximum Gasteiger partial charge on any atom is 0.302 e. The number of rotatable bonds is 7. The van der Waals surface area contributed by atoms with Crippen molar-refractivity contribution in [3.63, 3.8) is 0 Å². The van der Waals surface area contributed by atoms with Gasteiger partial charge in [-0.15, -0.1) is 0 Å². The fourth-order valence-corrected chi connectivity index (χ4v) is 9.83. The van der Waals surface area contributed by atoms with E-state index in [0.717, 1.165) is 44.4 Å². The average molecular weight is 473 g/mol. The van der Waals surface area contributed by atoms with Crippen molar-refractivity contribution in [2.75, 3.05) is 0 Å². The molecule has 3 nitrogen and oxygen atoms in total. The molecule has 0 amide bonds. The van der Waals surface area contributed by atoms with Crippen molar-refractivity contribution in [3.05, 3.63) is 11.6 Å². The minimum Gasteiger partial charge on any atom is -0.463 e. The molecule has 0 radical (unpaired) electrons. The molecule has 0 aliphatic heterocycles. The predicted octanol–water partition coefficient (Wildman–Crippen LogP) is 7.71. The molecule has 0 aromatic rings. The Hall–Kier alpha value is -0.830. The highest BCUT2D eigenvalue weighted by Gasteiger charge is 2.68. The van der Waals surface area contributed by atoms with Crippen LogP contribution in [0.3, 0.4) is 0 Å².